The van der Waals surface area contributed by atoms with Gasteiger partial charge >= 0.3 is 0 Å². The van der Waals surface area contributed by atoms with Crippen LogP contribution in [0.2, 0.25) is 0 Å². The van der Waals surface area contributed by atoms with Gasteiger partial charge in [0.1, 0.15) is 22.2 Å². The van der Waals surface area contributed by atoms with Crippen LogP contribution in [0.5, 0.6) is 5.75 Å². The van der Waals surface area contributed by atoms with Crippen molar-refractivity contribution in [3.8, 4) is 16.9 Å². The van der Waals surface area contributed by atoms with Crippen LogP contribution in [0.25, 0.3) is 21.3 Å². The minimum Gasteiger partial charge on any atom is -0.494 e. The second-order valence-electron chi connectivity index (χ2n) is 6.57. The number of benzene rings is 1. The Bertz CT molecular complexity index is 872. The number of anilines is 1. The summed E-state index contributed by atoms with van der Waals surface area (Å²) < 4.78 is 5.52. The molecule has 25 heavy (non-hydrogen) atoms. The van der Waals surface area contributed by atoms with Gasteiger partial charge in [-0.3, -0.25) is 0 Å². The molecule has 132 valence electrons. The van der Waals surface area contributed by atoms with Gasteiger partial charge in [0.15, 0.2) is 0 Å². The van der Waals surface area contributed by atoms with E-state index in [0.29, 0.717) is 12.4 Å². The van der Waals surface area contributed by atoms with E-state index in [1.165, 1.54) is 0 Å². The minimum atomic E-state index is -0.467. The van der Waals surface area contributed by atoms with Crippen LogP contribution in [-0.2, 0) is 0 Å². The van der Waals surface area contributed by atoms with E-state index < -0.39 is 5.54 Å². The zero-order chi connectivity index (χ0) is 18.0. The van der Waals surface area contributed by atoms with Gasteiger partial charge in [-0.1, -0.05) is 12.1 Å². The molecule has 3 aromatic rings. The molecule has 0 spiro atoms. The first-order chi connectivity index (χ1) is 11.9. The molecule has 0 fully saturated rings. The van der Waals surface area contributed by atoms with E-state index in [2.05, 4.69) is 20.7 Å². The number of hydrogen-bond acceptors (Lipinski definition) is 6. The molecule has 0 atom stereocenters. The number of rotatable bonds is 6. The van der Waals surface area contributed by atoms with Gasteiger partial charge in [-0.2, -0.15) is 0 Å². The van der Waals surface area contributed by atoms with Crippen molar-refractivity contribution in [2.75, 3.05) is 18.5 Å². The fraction of sp³-hybridized carbons (Fsp3) is 0.368. The SMILES string of the molecule is CCOc1ccc(-c2csc3nc(C)nc(NC(C)(C)CO)c23)cc1. The molecule has 3 rings (SSSR count). The first-order valence-electron chi connectivity index (χ1n) is 8.31. The summed E-state index contributed by atoms with van der Waals surface area (Å²) in [5, 5.41) is 16.0. The van der Waals surface area contributed by atoms with Crippen LogP contribution in [-0.4, -0.2) is 33.8 Å². The summed E-state index contributed by atoms with van der Waals surface area (Å²) in [7, 11) is 0. The van der Waals surface area contributed by atoms with Gasteiger partial charge in [-0.15, -0.1) is 11.3 Å². The van der Waals surface area contributed by atoms with Gasteiger partial charge in [-0.25, -0.2) is 9.97 Å². The maximum absolute atomic E-state index is 9.60. The Kier molecular flexibility index (Phi) is 4.92. The number of nitrogens with one attached hydrogen (secondary N) is 1. The van der Waals surface area contributed by atoms with Gasteiger partial charge < -0.3 is 15.2 Å². The summed E-state index contributed by atoms with van der Waals surface area (Å²) in [6.07, 6.45) is 0. The number of ether oxygens (including phenoxy) is 1. The van der Waals surface area contributed by atoms with E-state index in [1.54, 1.807) is 11.3 Å². The number of nitrogens with zero attached hydrogens (tertiary/aromatic N) is 2. The molecule has 5 nitrogen and oxygen atoms in total. The van der Waals surface area contributed by atoms with Crippen LogP contribution in [0.3, 0.4) is 0 Å². The third-order valence-corrected chi connectivity index (χ3v) is 4.75. The van der Waals surface area contributed by atoms with E-state index in [0.717, 1.165) is 32.9 Å². The molecule has 1 aromatic carbocycles. The van der Waals surface area contributed by atoms with Crippen molar-refractivity contribution in [3.05, 3.63) is 35.5 Å². The summed E-state index contributed by atoms with van der Waals surface area (Å²) in [5.74, 6) is 2.33. The highest BCUT2D eigenvalue weighted by Gasteiger charge is 2.21. The van der Waals surface area contributed by atoms with Gasteiger partial charge in [0.2, 0.25) is 0 Å². The summed E-state index contributed by atoms with van der Waals surface area (Å²) in [5.41, 5.74) is 1.71. The van der Waals surface area contributed by atoms with E-state index >= 15 is 0 Å². The minimum absolute atomic E-state index is 0.0140. The molecule has 2 N–H and O–H groups in total. The fourth-order valence-corrected chi connectivity index (χ4v) is 3.60. The summed E-state index contributed by atoms with van der Waals surface area (Å²) in [6.45, 7) is 8.41. The fourth-order valence-electron chi connectivity index (χ4n) is 2.61. The number of aliphatic hydroxyl groups is 1. The molecule has 2 aromatic heterocycles. The lowest BCUT2D eigenvalue weighted by Gasteiger charge is -2.25. The highest BCUT2D eigenvalue weighted by Crippen LogP contribution is 2.38. The molecule has 2 heterocycles. The lowest BCUT2D eigenvalue weighted by atomic mass is 10.0. The quantitative estimate of drug-likeness (QED) is 0.690. The van der Waals surface area contributed by atoms with E-state index in [4.69, 9.17) is 4.74 Å². The molecule has 0 saturated carbocycles. The Morgan fingerprint density at radius 1 is 1.20 bits per heavy atom. The van der Waals surface area contributed by atoms with E-state index in [-0.39, 0.29) is 6.61 Å². The molecule has 0 aliphatic rings. The number of thiophene rings is 1. The Morgan fingerprint density at radius 2 is 1.92 bits per heavy atom. The Hall–Kier alpha value is -2.18. The normalized spacial score (nSPS) is 11.7. The van der Waals surface area contributed by atoms with E-state index in [9.17, 15) is 5.11 Å². The first kappa shape index (κ1) is 17.6. The average molecular weight is 357 g/mol. The van der Waals surface area contributed by atoms with E-state index in [1.807, 2.05) is 52.0 Å². The average Bonchev–Trinajstić information content (AvgIpc) is 2.99. The molecule has 0 saturated heterocycles. The van der Waals surface area contributed by atoms with Gasteiger partial charge in [-0.05, 0) is 45.4 Å². The van der Waals surface area contributed by atoms with Crippen molar-refractivity contribution < 1.29 is 9.84 Å². The molecule has 0 unspecified atom stereocenters. The molecule has 6 heteroatoms. The smallest absolute Gasteiger partial charge is 0.139 e. The van der Waals surface area contributed by atoms with Gasteiger partial charge in [0, 0.05) is 10.9 Å². The number of fused-ring (bicyclic) bond motifs is 1. The van der Waals surface area contributed by atoms with Crippen LogP contribution in [0.1, 0.15) is 26.6 Å². The lowest BCUT2D eigenvalue weighted by Crippen LogP contribution is -2.35. The highest BCUT2D eigenvalue weighted by atomic mass is 32.1. The van der Waals surface area contributed by atoms with Crippen molar-refractivity contribution in [1.82, 2.24) is 9.97 Å². The van der Waals surface area contributed by atoms with Gasteiger partial charge in [0.05, 0.1) is 24.1 Å². The standard InChI is InChI=1S/C19H23N3O2S/c1-5-24-14-8-6-13(7-9-14)15-10-25-18-16(15)17(20-12(2)21-18)22-19(3,4)11-23/h6-10,23H,5,11H2,1-4H3,(H,20,21,22). The Balaban J connectivity index is 2.10. The summed E-state index contributed by atoms with van der Waals surface area (Å²) >= 11 is 1.60. The zero-order valence-electron chi connectivity index (χ0n) is 15.0. The van der Waals surface area contributed by atoms with Crippen molar-refractivity contribution in [3.63, 3.8) is 0 Å². The number of aromatic nitrogens is 2. The van der Waals surface area contributed by atoms with Crippen LogP contribution in [0.4, 0.5) is 5.82 Å². The molecular formula is C19H23N3O2S. The topological polar surface area (TPSA) is 67.3 Å². The van der Waals surface area contributed by atoms with Gasteiger partial charge in [0.25, 0.3) is 0 Å². The van der Waals surface area contributed by atoms with Crippen LogP contribution in [0, 0.1) is 6.92 Å². The predicted molar refractivity (Wildman–Crippen MR) is 104 cm³/mol. The summed E-state index contributed by atoms with van der Waals surface area (Å²) in [4.78, 5) is 10.1. The lowest BCUT2D eigenvalue weighted by molar-refractivity contribution is 0.234. The van der Waals surface area contributed by atoms with Crippen molar-refractivity contribution in [2.45, 2.75) is 33.2 Å². The highest BCUT2D eigenvalue weighted by molar-refractivity contribution is 7.17. The Morgan fingerprint density at radius 3 is 2.56 bits per heavy atom. The molecule has 0 aliphatic heterocycles. The largest absolute Gasteiger partial charge is 0.494 e. The first-order valence-corrected chi connectivity index (χ1v) is 9.19. The maximum atomic E-state index is 9.60. The monoisotopic (exact) mass is 357 g/mol. The van der Waals surface area contributed by atoms with Crippen molar-refractivity contribution in [1.29, 1.82) is 0 Å². The zero-order valence-corrected chi connectivity index (χ0v) is 15.8. The molecular weight excluding hydrogens is 334 g/mol. The maximum Gasteiger partial charge on any atom is 0.139 e. The van der Waals surface area contributed by atoms with Crippen LogP contribution < -0.4 is 10.1 Å². The molecule has 0 radical (unpaired) electrons. The van der Waals surface area contributed by atoms with Crippen molar-refractivity contribution in [2.24, 2.45) is 0 Å². The Labute approximate surface area is 151 Å². The summed E-state index contributed by atoms with van der Waals surface area (Å²) in [6, 6.07) is 8.05. The number of aliphatic hydroxyl groups excluding tert-OH is 1. The second kappa shape index (κ2) is 6.98. The third-order valence-electron chi connectivity index (χ3n) is 3.87. The molecule has 0 amide bonds. The molecule has 0 aliphatic carbocycles. The number of aryl methyl sites for hydroxylation is 1. The third kappa shape index (κ3) is 3.75. The second-order valence-corrected chi connectivity index (χ2v) is 7.43. The number of hydrogen-bond donors (Lipinski definition) is 2. The van der Waals surface area contributed by atoms with Crippen LogP contribution >= 0.6 is 11.3 Å². The molecule has 0 bridgehead atoms. The predicted octanol–water partition coefficient (Wildman–Crippen LogP) is 4.25. The van der Waals surface area contributed by atoms with Crippen LogP contribution in [0.15, 0.2) is 29.6 Å². The van der Waals surface area contributed by atoms with Crippen molar-refractivity contribution >= 4 is 27.4 Å².